The predicted molar refractivity (Wildman–Crippen MR) is 47.4 cm³/mol. The third-order valence-corrected chi connectivity index (χ3v) is 3.01. The van der Waals surface area contributed by atoms with E-state index >= 15 is 0 Å². The first kappa shape index (κ1) is 8.75. The fourth-order valence-corrected chi connectivity index (χ4v) is 2.44. The molecule has 2 atom stereocenters. The predicted octanol–water partition coefficient (Wildman–Crippen LogP) is 1.59. The summed E-state index contributed by atoms with van der Waals surface area (Å²) in [6.07, 6.45) is 2.81. The summed E-state index contributed by atoms with van der Waals surface area (Å²) in [5, 5.41) is 8.85. The van der Waals surface area contributed by atoms with Gasteiger partial charge < -0.3 is 9.84 Å². The first-order valence-corrected chi connectivity index (χ1v) is 4.78. The molecule has 3 nitrogen and oxygen atoms in total. The summed E-state index contributed by atoms with van der Waals surface area (Å²) in [5.41, 5.74) is 1.77. The van der Waals surface area contributed by atoms with Gasteiger partial charge in [0, 0.05) is 12.2 Å². The molecule has 72 valence electrons. The summed E-state index contributed by atoms with van der Waals surface area (Å²) in [5.74, 6) is -0.284. The van der Waals surface area contributed by atoms with E-state index in [2.05, 4.69) is 0 Å². The molecule has 0 aromatic rings. The molecule has 0 saturated heterocycles. The maximum atomic E-state index is 10.8. The Balaban J connectivity index is 2.09. The second kappa shape index (κ2) is 3.14. The van der Waals surface area contributed by atoms with Crippen LogP contribution < -0.4 is 0 Å². The van der Waals surface area contributed by atoms with Gasteiger partial charge in [-0.1, -0.05) is 5.57 Å². The van der Waals surface area contributed by atoms with E-state index < -0.39 is 5.97 Å². The lowest BCUT2D eigenvalue weighted by atomic mass is 9.96. The van der Waals surface area contributed by atoms with Crippen molar-refractivity contribution in [1.82, 2.24) is 0 Å². The Morgan fingerprint density at radius 1 is 1.54 bits per heavy atom. The van der Waals surface area contributed by atoms with Gasteiger partial charge in [0.05, 0.1) is 6.10 Å². The van der Waals surface area contributed by atoms with Crippen molar-refractivity contribution in [3.63, 3.8) is 0 Å². The van der Waals surface area contributed by atoms with Crippen LogP contribution in [0.5, 0.6) is 0 Å². The van der Waals surface area contributed by atoms with Crippen molar-refractivity contribution in [2.45, 2.75) is 32.3 Å². The van der Waals surface area contributed by atoms with E-state index in [9.17, 15) is 4.79 Å². The highest BCUT2D eigenvalue weighted by molar-refractivity contribution is 5.88. The zero-order valence-corrected chi connectivity index (χ0v) is 7.75. The first-order valence-electron chi connectivity index (χ1n) is 4.78. The van der Waals surface area contributed by atoms with Crippen molar-refractivity contribution in [3.8, 4) is 0 Å². The Labute approximate surface area is 77.4 Å². The van der Waals surface area contributed by atoms with Crippen LogP contribution >= 0.6 is 0 Å². The van der Waals surface area contributed by atoms with Gasteiger partial charge in [-0.15, -0.1) is 0 Å². The van der Waals surface area contributed by atoms with Crippen molar-refractivity contribution < 1.29 is 14.6 Å². The number of carboxylic acids is 1. The highest BCUT2D eigenvalue weighted by atomic mass is 16.5. The molecule has 0 heterocycles. The Morgan fingerprint density at radius 3 is 2.77 bits per heavy atom. The van der Waals surface area contributed by atoms with Crippen LogP contribution in [-0.2, 0) is 9.53 Å². The second-order valence-electron chi connectivity index (χ2n) is 3.75. The highest BCUT2D eigenvalue weighted by Crippen LogP contribution is 2.45. The van der Waals surface area contributed by atoms with Crippen molar-refractivity contribution >= 4 is 5.97 Å². The minimum atomic E-state index is -0.729. The van der Waals surface area contributed by atoms with Crippen LogP contribution in [0.3, 0.4) is 0 Å². The molecule has 2 aliphatic rings. The maximum absolute atomic E-state index is 10.8. The molecule has 0 radical (unpaired) electrons. The largest absolute Gasteiger partial charge is 0.478 e. The Morgan fingerprint density at radius 2 is 2.31 bits per heavy atom. The van der Waals surface area contributed by atoms with Gasteiger partial charge in [0.1, 0.15) is 0 Å². The van der Waals surface area contributed by atoms with Crippen molar-refractivity contribution in [3.05, 3.63) is 11.1 Å². The van der Waals surface area contributed by atoms with Gasteiger partial charge in [0.15, 0.2) is 0 Å². The molecule has 1 saturated carbocycles. The van der Waals surface area contributed by atoms with Crippen molar-refractivity contribution in [2.24, 2.45) is 5.92 Å². The molecule has 0 aromatic heterocycles. The molecule has 0 aromatic carbocycles. The molecule has 2 rings (SSSR count). The zero-order chi connectivity index (χ0) is 9.42. The van der Waals surface area contributed by atoms with Crippen LogP contribution in [0, 0.1) is 5.92 Å². The third kappa shape index (κ3) is 1.37. The van der Waals surface area contributed by atoms with Crippen LogP contribution in [0.25, 0.3) is 0 Å². The molecule has 1 N–H and O–H groups in total. The average Bonchev–Trinajstić information content (AvgIpc) is 2.62. The molecular weight excluding hydrogens is 168 g/mol. The summed E-state index contributed by atoms with van der Waals surface area (Å²) in [7, 11) is 0. The van der Waals surface area contributed by atoms with Crippen LogP contribution in [0.2, 0.25) is 0 Å². The van der Waals surface area contributed by atoms with E-state index in [-0.39, 0.29) is 0 Å². The molecule has 2 bridgehead atoms. The van der Waals surface area contributed by atoms with Crippen LogP contribution in [0.15, 0.2) is 11.1 Å². The van der Waals surface area contributed by atoms with Gasteiger partial charge in [0.2, 0.25) is 0 Å². The van der Waals surface area contributed by atoms with Crippen molar-refractivity contribution in [1.29, 1.82) is 0 Å². The Bertz CT molecular complexity index is 267. The number of ether oxygens (including phenoxy) is 1. The summed E-state index contributed by atoms with van der Waals surface area (Å²) >= 11 is 0. The van der Waals surface area contributed by atoms with Crippen LogP contribution in [0.1, 0.15) is 26.2 Å². The topological polar surface area (TPSA) is 46.5 Å². The van der Waals surface area contributed by atoms with E-state index in [0.717, 1.165) is 31.4 Å². The quantitative estimate of drug-likeness (QED) is 0.720. The number of aliphatic carboxylic acids is 1. The number of fused-ring (bicyclic) bond motifs is 2. The fourth-order valence-electron chi connectivity index (χ4n) is 2.44. The normalized spacial score (nSPS) is 31.5. The lowest BCUT2D eigenvalue weighted by Gasteiger charge is -2.20. The molecule has 0 aliphatic heterocycles. The van der Waals surface area contributed by atoms with Gasteiger partial charge in [0.25, 0.3) is 0 Å². The molecule has 0 spiro atoms. The maximum Gasteiger partial charge on any atom is 0.331 e. The average molecular weight is 182 g/mol. The zero-order valence-electron chi connectivity index (χ0n) is 7.75. The van der Waals surface area contributed by atoms with E-state index in [1.165, 1.54) is 0 Å². The van der Waals surface area contributed by atoms with Crippen molar-refractivity contribution in [2.75, 3.05) is 6.61 Å². The van der Waals surface area contributed by atoms with Gasteiger partial charge in [-0.3, -0.25) is 0 Å². The smallest absolute Gasteiger partial charge is 0.331 e. The number of carbonyl (C=O) groups is 1. The molecule has 2 aliphatic carbocycles. The molecule has 2 unspecified atom stereocenters. The van der Waals surface area contributed by atoms with Crippen LogP contribution in [0.4, 0.5) is 0 Å². The van der Waals surface area contributed by atoms with E-state index in [4.69, 9.17) is 9.84 Å². The summed E-state index contributed by atoms with van der Waals surface area (Å²) in [6, 6.07) is 0. The third-order valence-electron chi connectivity index (χ3n) is 3.01. The summed E-state index contributed by atoms with van der Waals surface area (Å²) in [6.45, 7) is 2.72. The van der Waals surface area contributed by atoms with Gasteiger partial charge in [-0.25, -0.2) is 4.79 Å². The molecule has 13 heavy (non-hydrogen) atoms. The molecule has 1 fully saturated rings. The van der Waals surface area contributed by atoms with Gasteiger partial charge in [-0.2, -0.15) is 0 Å². The SMILES string of the molecule is CCOC1CC2=C(C(=O)O)CC1C2. The van der Waals surface area contributed by atoms with Gasteiger partial charge >= 0.3 is 5.97 Å². The highest BCUT2D eigenvalue weighted by Gasteiger charge is 2.40. The van der Waals surface area contributed by atoms with E-state index in [1.807, 2.05) is 6.92 Å². The molecule has 3 heteroatoms. The number of hydrogen-bond acceptors (Lipinski definition) is 2. The Kier molecular flexibility index (Phi) is 2.12. The molecule has 0 amide bonds. The lowest BCUT2D eigenvalue weighted by Crippen LogP contribution is -2.21. The van der Waals surface area contributed by atoms with E-state index in [1.54, 1.807) is 0 Å². The summed E-state index contributed by atoms with van der Waals surface area (Å²) < 4.78 is 5.54. The monoisotopic (exact) mass is 182 g/mol. The van der Waals surface area contributed by atoms with Gasteiger partial charge in [-0.05, 0) is 32.1 Å². The minimum Gasteiger partial charge on any atom is -0.478 e. The molecular formula is C10H14O3. The fraction of sp³-hybridized carbons (Fsp3) is 0.700. The van der Waals surface area contributed by atoms with E-state index in [0.29, 0.717) is 17.6 Å². The first-order chi connectivity index (χ1) is 6.22. The standard InChI is InChI=1S/C10H14O3/c1-2-13-9-5-6-3-7(9)4-8(6)10(11)12/h7,9H,2-5H2,1H3,(H,11,12). The van der Waals surface area contributed by atoms with Crippen LogP contribution in [-0.4, -0.2) is 23.8 Å². The minimum absolute atomic E-state index is 0.295. The Hall–Kier alpha value is -0.830. The number of rotatable bonds is 3. The number of hydrogen-bond donors (Lipinski definition) is 1. The summed E-state index contributed by atoms with van der Waals surface area (Å²) in [4.78, 5) is 10.8. The lowest BCUT2D eigenvalue weighted by molar-refractivity contribution is -0.133. The number of carboxylic acid groups (broad SMARTS) is 1. The second-order valence-corrected chi connectivity index (χ2v) is 3.75.